The van der Waals surface area contributed by atoms with Crippen molar-refractivity contribution in [1.29, 1.82) is 0 Å². The maximum Gasteiger partial charge on any atom is 0.220 e. The Bertz CT molecular complexity index is 257. The van der Waals surface area contributed by atoms with E-state index < -0.39 is 0 Å². The summed E-state index contributed by atoms with van der Waals surface area (Å²) >= 11 is 3.59. The minimum absolute atomic E-state index is 0.0161. The third kappa shape index (κ3) is 4.61. The summed E-state index contributed by atoms with van der Waals surface area (Å²) in [6.07, 6.45) is 6.51. The van der Waals surface area contributed by atoms with Crippen molar-refractivity contribution in [2.24, 2.45) is 11.8 Å². The van der Waals surface area contributed by atoms with E-state index in [9.17, 15) is 4.79 Å². The van der Waals surface area contributed by atoms with Gasteiger partial charge in [-0.2, -0.15) is 0 Å². The minimum atomic E-state index is 0.0161. The molecule has 1 fully saturated rings. The topological polar surface area (TPSA) is 29.1 Å². The lowest BCUT2D eigenvalue weighted by Crippen LogP contribution is -2.52. The molecule has 1 aliphatic carbocycles. The summed E-state index contributed by atoms with van der Waals surface area (Å²) in [4.78, 5) is 12.0. The number of nitrogens with one attached hydrogen (secondary N) is 1. The molecule has 0 bridgehead atoms. The van der Waals surface area contributed by atoms with Crippen molar-refractivity contribution in [1.82, 2.24) is 5.32 Å². The Morgan fingerprint density at radius 2 is 2.29 bits per heavy atom. The molecular weight excluding hydrogens is 278 g/mol. The van der Waals surface area contributed by atoms with Crippen molar-refractivity contribution in [3.05, 3.63) is 0 Å². The molecule has 0 aromatic carbocycles. The second-order valence-corrected chi connectivity index (χ2v) is 6.44. The molecule has 2 nitrogen and oxygen atoms in total. The second-order valence-electron chi connectivity index (χ2n) is 5.88. The number of alkyl halides is 1. The highest BCUT2D eigenvalue weighted by Crippen LogP contribution is 2.33. The second kappa shape index (κ2) is 6.77. The molecule has 3 atom stereocenters. The average molecular weight is 304 g/mol. The molecule has 0 saturated heterocycles. The zero-order chi connectivity index (χ0) is 12.9. The lowest BCUT2D eigenvalue weighted by molar-refractivity contribution is -0.124. The largest absolute Gasteiger partial charge is 0.350 e. The van der Waals surface area contributed by atoms with Crippen molar-refractivity contribution >= 4 is 21.8 Å². The van der Waals surface area contributed by atoms with E-state index in [2.05, 4.69) is 42.0 Å². The molecule has 1 rings (SSSR count). The van der Waals surface area contributed by atoms with E-state index in [1.165, 1.54) is 12.8 Å². The fourth-order valence-corrected chi connectivity index (χ4v) is 3.39. The summed E-state index contributed by atoms with van der Waals surface area (Å²) in [5.74, 6) is 1.45. The normalized spacial score (nSPS) is 30.9. The molecule has 0 spiro atoms. The van der Waals surface area contributed by atoms with Crippen LogP contribution in [0.25, 0.3) is 0 Å². The molecule has 100 valence electrons. The Morgan fingerprint density at radius 1 is 1.59 bits per heavy atom. The first kappa shape index (κ1) is 15.0. The SMILES string of the molecule is CCC(C)CC(=O)NC1(CBr)CCCC(C)C1. The molecule has 0 radical (unpaired) electrons. The zero-order valence-corrected chi connectivity index (χ0v) is 13.0. The van der Waals surface area contributed by atoms with Crippen molar-refractivity contribution < 1.29 is 4.79 Å². The van der Waals surface area contributed by atoms with E-state index >= 15 is 0 Å². The number of hydrogen-bond donors (Lipinski definition) is 1. The third-order valence-electron chi connectivity index (χ3n) is 3.98. The van der Waals surface area contributed by atoms with Crippen molar-refractivity contribution in [2.45, 2.75) is 64.8 Å². The highest BCUT2D eigenvalue weighted by molar-refractivity contribution is 9.09. The smallest absolute Gasteiger partial charge is 0.220 e. The maximum atomic E-state index is 12.0. The van der Waals surface area contributed by atoms with Gasteiger partial charge in [0.15, 0.2) is 0 Å². The molecule has 0 aromatic heterocycles. The van der Waals surface area contributed by atoms with Crippen LogP contribution >= 0.6 is 15.9 Å². The summed E-state index contributed by atoms with van der Waals surface area (Å²) in [7, 11) is 0. The number of halogens is 1. The van der Waals surface area contributed by atoms with Crippen LogP contribution in [0.15, 0.2) is 0 Å². The summed E-state index contributed by atoms with van der Waals surface area (Å²) in [5.41, 5.74) is 0.0161. The van der Waals surface area contributed by atoms with E-state index in [0.717, 1.165) is 30.5 Å². The van der Waals surface area contributed by atoms with Crippen LogP contribution in [0.1, 0.15) is 59.3 Å². The van der Waals surface area contributed by atoms with E-state index in [0.29, 0.717) is 12.3 Å². The van der Waals surface area contributed by atoms with Crippen LogP contribution in [-0.4, -0.2) is 16.8 Å². The van der Waals surface area contributed by atoms with Gasteiger partial charge >= 0.3 is 0 Å². The molecule has 3 heteroatoms. The fraction of sp³-hybridized carbons (Fsp3) is 0.929. The molecule has 17 heavy (non-hydrogen) atoms. The van der Waals surface area contributed by atoms with Gasteiger partial charge in [-0.25, -0.2) is 0 Å². The highest BCUT2D eigenvalue weighted by Gasteiger charge is 2.35. The van der Waals surface area contributed by atoms with Gasteiger partial charge in [-0.3, -0.25) is 4.79 Å². The predicted molar refractivity (Wildman–Crippen MR) is 76.4 cm³/mol. The van der Waals surface area contributed by atoms with Gasteiger partial charge in [0.1, 0.15) is 0 Å². The number of rotatable bonds is 5. The van der Waals surface area contributed by atoms with Crippen molar-refractivity contribution in [2.75, 3.05) is 5.33 Å². The van der Waals surface area contributed by atoms with Crippen molar-refractivity contribution in [3.63, 3.8) is 0 Å². The first-order valence-electron chi connectivity index (χ1n) is 6.88. The average Bonchev–Trinajstić information content (AvgIpc) is 2.28. The number of amides is 1. The van der Waals surface area contributed by atoms with E-state index in [1.54, 1.807) is 0 Å². The molecule has 1 N–H and O–H groups in total. The monoisotopic (exact) mass is 303 g/mol. The highest BCUT2D eigenvalue weighted by atomic mass is 79.9. The summed E-state index contributed by atoms with van der Waals surface area (Å²) in [5, 5.41) is 4.18. The Labute approximate surface area is 114 Å². The first-order chi connectivity index (χ1) is 8.01. The van der Waals surface area contributed by atoms with Crippen LogP contribution in [0.4, 0.5) is 0 Å². The van der Waals surface area contributed by atoms with Gasteiger partial charge in [0.05, 0.1) is 0 Å². The van der Waals surface area contributed by atoms with Crippen LogP contribution in [0.5, 0.6) is 0 Å². The zero-order valence-electron chi connectivity index (χ0n) is 11.4. The van der Waals surface area contributed by atoms with Crippen molar-refractivity contribution in [3.8, 4) is 0 Å². The molecule has 3 unspecified atom stereocenters. The van der Waals surface area contributed by atoms with Gasteiger partial charge in [0, 0.05) is 17.3 Å². The van der Waals surface area contributed by atoms with Crippen LogP contribution < -0.4 is 5.32 Å². The van der Waals surface area contributed by atoms with Crippen LogP contribution in [0.2, 0.25) is 0 Å². The Kier molecular flexibility index (Phi) is 5.98. The van der Waals surface area contributed by atoms with E-state index in [1.807, 2.05) is 0 Å². The minimum Gasteiger partial charge on any atom is -0.350 e. The van der Waals surface area contributed by atoms with Gasteiger partial charge in [-0.15, -0.1) is 0 Å². The molecular formula is C14H26BrNO. The fourth-order valence-electron chi connectivity index (χ4n) is 2.74. The number of hydrogen-bond acceptors (Lipinski definition) is 1. The lowest BCUT2D eigenvalue weighted by Gasteiger charge is -2.39. The van der Waals surface area contributed by atoms with Gasteiger partial charge in [0.25, 0.3) is 0 Å². The third-order valence-corrected chi connectivity index (χ3v) is 5.06. The maximum absolute atomic E-state index is 12.0. The predicted octanol–water partition coefficient (Wildman–Crippen LogP) is 3.88. The van der Waals surface area contributed by atoms with Gasteiger partial charge in [0.2, 0.25) is 5.91 Å². The lowest BCUT2D eigenvalue weighted by atomic mass is 9.77. The standard InChI is InChI=1S/C14H26BrNO/c1-4-11(2)8-13(17)16-14(10-15)7-5-6-12(3)9-14/h11-12H,4-10H2,1-3H3,(H,16,17). The van der Waals surface area contributed by atoms with E-state index in [4.69, 9.17) is 0 Å². The van der Waals surface area contributed by atoms with Gasteiger partial charge in [-0.05, 0) is 24.7 Å². The Morgan fingerprint density at radius 3 is 2.82 bits per heavy atom. The number of carbonyl (C=O) groups is 1. The van der Waals surface area contributed by atoms with Crippen LogP contribution in [-0.2, 0) is 4.79 Å². The van der Waals surface area contributed by atoms with Crippen LogP contribution in [0.3, 0.4) is 0 Å². The summed E-state index contributed by atoms with van der Waals surface area (Å²) < 4.78 is 0. The van der Waals surface area contributed by atoms with E-state index in [-0.39, 0.29) is 11.4 Å². The molecule has 1 aliphatic rings. The van der Waals surface area contributed by atoms with Gasteiger partial charge < -0.3 is 5.32 Å². The Hall–Kier alpha value is -0.0500. The first-order valence-corrected chi connectivity index (χ1v) is 8.00. The summed E-state index contributed by atoms with van der Waals surface area (Å²) in [6, 6.07) is 0. The Balaban J connectivity index is 2.53. The molecule has 1 amide bonds. The van der Waals surface area contributed by atoms with Gasteiger partial charge in [-0.1, -0.05) is 56.0 Å². The molecule has 1 saturated carbocycles. The van der Waals surface area contributed by atoms with Crippen LogP contribution in [0, 0.1) is 11.8 Å². The molecule has 0 aliphatic heterocycles. The molecule has 0 heterocycles. The summed E-state index contributed by atoms with van der Waals surface area (Å²) in [6.45, 7) is 6.57. The quantitative estimate of drug-likeness (QED) is 0.767. The number of carbonyl (C=O) groups excluding carboxylic acids is 1. The molecule has 0 aromatic rings.